The van der Waals surface area contributed by atoms with E-state index >= 15 is 0 Å². The summed E-state index contributed by atoms with van der Waals surface area (Å²) >= 11 is 1.03. The van der Waals surface area contributed by atoms with Crippen molar-refractivity contribution >= 4 is 56.6 Å². The second kappa shape index (κ2) is 9.79. The molecule has 9 heteroatoms. The van der Waals surface area contributed by atoms with E-state index in [0.717, 1.165) is 21.6 Å². The van der Waals surface area contributed by atoms with Gasteiger partial charge in [-0.1, -0.05) is 24.3 Å². The molecule has 1 aromatic heterocycles. The number of carbonyl (C=O) groups excluding carboxylic acids is 5. The Kier molecular flexibility index (Phi) is 6.79. The molecule has 3 amide bonds. The number of benzene rings is 2. The fourth-order valence-corrected chi connectivity index (χ4v) is 5.36. The predicted molar refractivity (Wildman–Crippen MR) is 132 cm³/mol. The summed E-state index contributed by atoms with van der Waals surface area (Å²) in [5.41, 5.74) is 1.56. The molecule has 0 saturated carbocycles. The predicted octanol–water partition coefficient (Wildman–Crippen LogP) is 4.60. The van der Waals surface area contributed by atoms with Crippen molar-refractivity contribution in [1.82, 2.24) is 4.90 Å². The molecule has 0 fully saturated rings. The summed E-state index contributed by atoms with van der Waals surface area (Å²) in [6.07, 6.45) is 0.248. The molecular weight excluding hydrogens is 468 g/mol. The number of rotatable bonds is 8. The largest absolute Gasteiger partial charge is 0.462 e. The van der Waals surface area contributed by atoms with Gasteiger partial charge in [0.2, 0.25) is 5.91 Å². The minimum atomic E-state index is -0.610. The normalized spacial score (nSPS) is 12.7. The Morgan fingerprint density at radius 1 is 1.03 bits per heavy atom. The zero-order valence-electron chi connectivity index (χ0n) is 19.6. The van der Waals surface area contributed by atoms with Crippen LogP contribution in [0.2, 0.25) is 0 Å². The molecular formula is C26H24N2O6S. The number of nitrogens with one attached hydrogen (secondary N) is 1. The quantitative estimate of drug-likeness (QED) is 0.280. The molecule has 0 spiro atoms. The van der Waals surface area contributed by atoms with Crippen LogP contribution in [0.4, 0.5) is 5.00 Å². The van der Waals surface area contributed by atoms with Crippen LogP contribution in [-0.4, -0.2) is 47.5 Å². The third kappa shape index (κ3) is 4.46. The van der Waals surface area contributed by atoms with Gasteiger partial charge in [0.25, 0.3) is 11.8 Å². The van der Waals surface area contributed by atoms with Crippen LogP contribution >= 0.6 is 11.3 Å². The highest BCUT2D eigenvalue weighted by Gasteiger charge is 2.32. The van der Waals surface area contributed by atoms with Crippen LogP contribution in [0.15, 0.2) is 36.4 Å². The third-order valence-corrected chi connectivity index (χ3v) is 7.15. The minimum Gasteiger partial charge on any atom is -0.462 e. The maximum absolute atomic E-state index is 13.0. The smallest absolute Gasteiger partial charge is 0.341 e. The lowest BCUT2D eigenvalue weighted by Crippen LogP contribution is -2.41. The number of nitrogens with zero attached hydrogens (tertiary/aromatic N) is 1. The van der Waals surface area contributed by atoms with Crippen LogP contribution in [0, 0.1) is 6.92 Å². The van der Waals surface area contributed by atoms with Gasteiger partial charge in [-0.25, -0.2) is 4.79 Å². The minimum absolute atomic E-state index is 0.0114. The van der Waals surface area contributed by atoms with Gasteiger partial charge in [-0.05, 0) is 50.3 Å². The number of thiophene rings is 1. The lowest BCUT2D eigenvalue weighted by molar-refractivity contribution is -0.116. The van der Waals surface area contributed by atoms with Crippen LogP contribution in [0.25, 0.3) is 10.8 Å². The zero-order valence-corrected chi connectivity index (χ0v) is 20.4. The molecule has 2 heterocycles. The molecule has 4 rings (SSSR count). The molecule has 180 valence electrons. The Hall–Kier alpha value is -3.85. The van der Waals surface area contributed by atoms with Crippen molar-refractivity contribution in [2.24, 2.45) is 0 Å². The van der Waals surface area contributed by atoms with E-state index in [1.165, 1.54) is 6.92 Å². The van der Waals surface area contributed by atoms with E-state index in [9.17, 15) is 24.0 Å². The van der Waals surface area contributed by atoms with Crippen LogP contribution in [0.3, 0.4) is 0 Å². The van der Waals surface area contributed by atoms with Crippen molar-refractivity contribution in [3.63, 3.8) is 0 Å². The number of ether oxygens (including phenoxy) is 1. The van der Waals surface area contributed by atoms with Gasteiger partial charge in [0.1, 0.15) is 5.00 Å². The van der Waals surface area contributed by atoms with Crippen molar-refractivity contribution in [3.8, 4) is 0 Å². The van der Waals surface area contributed by atoms with Gasteiger partial charge < -0.3 is 10.1 Å². The number of carbonyl (C=O) groups is 5. The molecule has 0 aliphatic carbocycles. The summed E-state index contributed by atoms with van der Waals surface area (Å²) in [6.45, 7) is 4.94. The SMILES string of the molecule is CCOC(=O)c1c(NC(=O)CCCN2C(=O)c3cccc4cccc(c34)C2=O)sc(C(C)=O)c1C. The molecule has 0 radical (unpaired) electrons. The van der Waals surface area contributed by atoms with E-state index in [0.29, 0.717) is 27.0 Å². The van der Waals surface area contributed by atoms with Gasteiger partial charge in [-0.2, -0.15) is 0 Å². The Morgan fingerprint density at radius 3 is 2.23 bits per heavy atom. The molecule has 1 N–H and O–H groups in total. The Bertz CT molecular complexity index is 1340. The number of anilines is 1. The molecule has 0 atom stereocenters. The number of amides is 3. The Balaban J connectivity index is 1.46. The molecule has 35 heavy (non-hydrogen) atoms. The highest BCUT2D eigenvalue weighted by molar-refractivity contribution is 7.18. The van der Waals surface area contributed by atoms with E-state index in [4.69, 9.17) is 4.74 Å². The Morgan fingerprint density at radius 2 is 1.66 bits per heavy atom. The average Bonchev–Trinajstić information content (AvgIpc) is 3.15. The first kappa shape index (κ1) is 24.3. The highest BCUT2D eigenvalue weighted by atomic mass is 32.1. The summed E-state index contributed by atoms with van der Waals surface area (Å²) in [5, 5.41) is 4.43. The standard InChI is InChI=1S/C26H24N2O6S/c1-4-34-26(33)20-14(2)22(15(3)29)35-23(20)27-19(30)12-7-13-28-24(31)17-10-5-8-16-9-6-11-18(21(16)17)25(28)32/h5-6,8-11H,4,7,12-13H2,1-3H3,(H,27,30). The molecule has 0 unspecified atom stereocenters. The van der Waals surface area contributed by atoms with Crippen molar-refractivity contribution in [2.75, 3.05) is 18.5 Å². The second-order valence-corrected chi connectivity index (χ2v) is 9.18. The van der Waals surface area contributed by atoms with Crippen molar-refractivity contribution in [3.05, 3.63) is 63.5 Å². The fourth-order valence-electron chi connectivity index (χ4n) is 4.26. The van der Waals surface area contributed by atoms with Crippen molar-refractivity contribution in [1.29, 1.82) is 0 Å². The van der Waals surface area contributed by atoms with Crippen LogP contribution in [0.5, 0.6) is 0 Å². The van der Waals surface area contributed by atoms with Crippen molar-refractivity contribution < 1.29 is 28.7 Å². The topological polar surface area (TPSA) is 110 Å². The van der Waals surface area contributed by atoms with Gasteiger partial charge in [-0.15, -0.1) is 11.3 Å². The first-order chi connectivity index (χ1) is 16.7. The highest BCUT2D eigenvalue weighted by Crippen LogP contribution is 2.34. The maximum atomic E-state index is 13.0. The van der Waals surface area contributed by atoms with Gasteiger partial charge >= 0.3 is 5.97 Å². The molecule has 0 bridgehead atoms. The number of hydrogen-bond donors (Lipinski definition) is 1. The summed E-state index contributed by atoms with van der Waals surface area (Å²) in [4.78, 5) is 64.5. The summed E-state index contributed by atoms with van der Waals surface area (Å²) in [6, 6.07) is 10.7. The second-order valence-electron chi connectivity index (χ2n) is 8.16. The average molecular weight is 493 g/mol. The number of ketones is 1. The van der Waals surface area contributed by atoms with E-state index < -0.39 is 11.9 Å². The fraction of sp³-hybridized carbons (Fsp3) is 0.269. The monoisotopic (exact) mass is 492 g/mol. The third-order valence-electron chi connectivity index (χ3n) is 5.84. The van der Waals surface area contributed by atoms with E-state index in [2.05, 4.69) is 5.32 Å². The van der Waals surface area contributed by atoms with E-state index in [1.54, 1.807) is 38.1 Å². The van der Waals surface area contributed by atoms with Gasteiger partial charge in [0.15, 0.2) is 5.78 Å². The summed E-state index contributed by atoms with van der Waals surface area (Å²) in [7, 11) is 0. The van der Waals surface area contributed by atoms with Gasteiger partial charge in [-0.3, -0.25) is 24.1 Å². The summed E-state index contributed by atoms with van der Waals surface area (Å²) < 4.78 is 5.08. The first-order valence-corrected chi connectivity index (χ1v) is 12.1. The Labute approximate surface area is 205 Å². The van der Waals surface area contributed by atoms with E-state index in [-0.39, 0.29) is 54.2 Å². The summed E-state index contributed by atoms with van der Waals surface area (Å²) in [5.74, 6) is -1.99. The molecule has 2 aromatic carbocycles. The van der Waals surface area contributed by atoms with Gasteiger partial charge in [0, 0.05) is 29.5 Å². The van der Waals surface area contributed by atoms with E-state index in [1.807, 2.05) is 12.1 Å². The molecule has 0 saturated heterocycles. The lowest BCUT2D eigenvalue weighted by Gasteiger charge is -2.27. The van der Waals surface area contributed by atoms with Crippen LogP contribution < -0.4 is 5.32 Å². The van der Waals surface area contributed by atoms with Gasteiger partial charge in [0.05, 0.1) is 17.0 Å². The molecule has 1 aliphatic rings. The lowest BCUT2D eigenvalue weighted by atomic mass is 9.94. The number of esters is 1. The molecule has 8 nitrogen and oxygen atoms in total. The maximum Gasteiger partial charge on any atom is 0.341 e. The number of hydrogen-bond acceptors (Lipinski definition) is 7. The van der Waals surface area contributed by atoms with Crippen molar-refractivity contribution in [2.45, 2.75) is 33.6 Å². The molecule has 3 aromatic rings. The number of imide groups is 1. The molecule has 1 aliphatic heterocycles. The first-order valence-electron chi connectivity index (χ1n) is 11.2. The zero-order chi connectivity index (χ0) is 25.3. The van der Waals surface area contributed by atoms with Crippen LogP contribution in [0.1, 0.15) is 73.0 Å². The number of Topliss-reactive ketones (excluding diaryl/α,β-unsaturated/α-hetero) is 1. The van der Waals surface area contributed by atoms with Crippen LogP contribution in [-0.2, 0) is 9.53 Å².